The second-order valence-electron chi connectivity index (χ2n) is 3.94. The second kappa shape index (κ2) is 4.86. The van der Waals surface area contributed by atoms with Crippen LogP contribution in [0.15, 0.2) is 42.5 Å². The number of aliphatic hydroxyl groups excluding tert-OH is 1. The van der Waals surface area contributed by atoms with Crippen molar-refractivity contribution >= 4 is 11.6 Å². The lowest BCUT2D eigenvalue weighted by Crippen LogP contribution is -2.01. The van der Waals surface area contributed by atoms with Crippen molar-refractivity contribution < 1.29 is 9.50 Å². The zero-order chi connectivity index (χ0) is 12.4. The molecule has 0 aliphatic heterocycles. The normalized spacial score (nSPS) is 12.5. The molecule has 0 heterocycles. The van der Waals surface area contributed by atoms with Gasteiger partial charge in [-0.05, 0) is 30.2 Å². The predicted octanol–water partition coefficient (Wildman–Crippen LogP) is 3.87. The molecule has 1 nitrogen and oxygen atoms in total. The first-order chi connectivity index (χ1) is 8.09. The lowest BCUT2D eigenvalue weighted by Gasteiger charge is -2.14. The summed E-state index contributed by atoms with van der Waals surface area (Å²) in [6, 6.07) is 12.0. The van der Waals surface area contributed by atoms with Gasteiger partial charge in [0.25, 0.3) is 0 Å². The molecule has 0 amide bonds. The van der Waals surface area contributed by atoms with E-state index in [4.69, 9.17) is 11.6 Å². The summed E-state index contributed by atoms with van der Waals surface area (Å²) >= 11 is 5.95. The van der Waals surface area contributed by atoms with Crippen LogP contribution in [0.1, 0.15) is 22.8 Å². The van der Waals surface area contributed by atoms with E-state index in [9.17, 15) is 9.50 Å². The van der Waals surface area contributed by atoms with E-state index in [0.717, 1.165) is 5.56 Å². The Labute approximate surface area is 104 Å². The molecule has 0 aliphatic carbocycles. The van der Waals surface area contributed by atoms with E-state index in [1.54, 1.807) is 25.1 Å². The number of aryl methyl sites for hydroxylation is 1. The minimum atomic E-state index is -0.831. The van der Waals surface area contributed by atoms with Gasteiger partial charge in [-0.25, -0.2) is 4.39 Å². The summed E-state index contributed by atoms with van der Waals surface area (Å²) in [5.41, 5.74) is 1.73. The predicted molar refractivity (Wildman–Crippen MR) is 66.7 cm³/mol. The number of benzene rings is 2. The van der Waals surface area contributed by atoms with Gasteiger partial charge in [-0.2, -0.15) is 0 Å². The molecule has 0 spiro atoms. The molecule has 1 N–H and O–H groups in total. The lowest BCUT2D eigenvalue weighted by molar-refractivity contribution is 0.220. The molecule has 88 valence electrons. The van der Waals surface area contributed by atoms with Gasteiger partial charge < -0.3 is 5.11 Å². The van der Waals surface area contributed by atoms with Crippen molar-refractivity contribution in [2.75, 3.05) is 0 Å². The number of aliphatic hydroxyl groups is 1. The highest BCUT2D eigenvalue weighted by atomic mass is 35.5. The maximum Gasteiger partial charge on any atom is 0.127 e. The molecule has 3 heteroatoms. The highest BCUT2D eigenvalue weighted by molar-refractivity contribution is 6.31. The summed E-state index contributed by atoms with van der Waals surface area (Å²) in [6.07, 6.45) is -0.831. The summed E-state index contributed by atoms with van der Waals surface area (Å²) in [5, 5.41) is 10.4. The molecule has 0 fully saturated rings. The molecule has 0 radical (unpaired) electrons. The van der Waals surface area contributed by atoms with Gasteiger partial charge in [0, 0.05) is 10.6 Å². The van der Waals surface area contributed by atoms with Gasteiger partial charge in [-0.1, -0.05) is 41.9 Å². The first-order valence-electron chi connectivity index (χ1n) is 5.28. The van der Waals surface area contributed by atoms with E-state index in [1.807, 2.05) is 18.2 Å². The van der Waals surface area contributed by atoms with E-state index < -0.39 is 6.10 Å². The van der Waals surface area contributed by atoms with Crippen LogP contribution in [0.25, 0.3) is 0 Å². The molecule has 2 aromatic carbocycles. The van der Waals surface area contributed by atoms with Crippen molar-refractivity contribution in [1.82, 2.24) is 0 Å². The van der Waals surface area contributed by atoms with Gasteiger partial charge in [-0.3, -0.25) is 0 Å². The molecule has 0 aromatic heterocycles. The van der Waals surface area contributed by atoms with Gasteiger partial charge in [-0.15, -0.1) is 0 Å². The topological polar surface area (TPSA) is 20.2 Å². The number of halogens is 2. The molecular weight excluding hydrogens is 239 g/mol. The average Bonchev–Trinajstić information content (AvgIpc) is 2.34. The van der Waals surface area contributed by atoms with E-state index in [1.165, 1.54) is 6.07 Å². The quantitative estimate of drug-likeness (QED) is 0.858. The van der Waals surface area contributed by atoms with Crippen LogP contribution in [0, 0.1) is 12.7 Å². The molecule has 1 atom stereocenters. The van der Waals surface area contributed by atoms with Gasteiger partial charge in [0.15, 0.2) is 0 Å². The Morgan fingerprint density at radius 2 is 1.82 bits per heavy atom. The Balaban J connectivity index is 2.44. The van der Waals surface area contributed by atoms with Crippen LogP contribution in [0.5, 0.6) is 0 Å². The van der Waals surface area contributed by atoms with Crippen molar-refractivity contribution in [2.24, 2.45) is 0 Å². The van der Waals surface area contributed by atoms with Crippen LogP contribution in [-0.4, -0.2) is 5.11 Å². The highest BCUT2D eigenvalue weighted by Crippen LogP contribution is 2.30. The Kier molecular flexibility index (Phi) is 3.46. The number of rotatable bonds is 2. The molecule has 0 saturated carbocycles. The van der Waals surface area contributed by atoms with Gasteiger partial charge in [0.2, 0.25) is 0 Å². The molecule has 0 saturated heterocycles. The average molecular weight is 251 g/mol. The third kappa shape index (κ3) is 2.48. The molecule has 0 aliphatic rings. The van der Waals surface area contributed by atoms with E-state index in [2.05, 4.69) is 0 Å². The zero-order valence-electron chi connectivity index (χ0n) is 9.32. The van der Waals surface area contributed by atoms with Crippen molar-refractivity contribution in [3.8, 4) is 0 Å². The molecule has 0 bridgehead atoms. The van der Waals surface area contributed by atoms with Gasteiger partial charge >= 0.3 is 0 Å². The third-order valence-electron chi connectivity index (χ3n) is 2.69. The first-order valence-corrected chi connectivity index (χ1v) is 5.66. The Hall–Kier alpha value is -1.38. The Morgan fingerprint density at radius 1 is 1.18 bits per heavy atom. The van der Waals surface area contributed by atoms with Crippen LogP contribution in [0.4, 0.5) is 4.39 Å². The molecule has 1 unspecified atom stereocenters. The summed E-state index contributed by atoms with van der Waals surface area (Å²) in [7, 11) is 0. The number of hydrogen-bond acceptors (Lipinski definition) is 1. The van der Waals surface area contributed by atoms with Crippen molar-refractivity contribution in [3.05, 3.63) is 70.0 Å². The van der Waals surface area contributed by atoms with E-state index >= 15 is 0 Å². The van der Waals surface area contributed by atoms with Crippen LogP contribution in [0.3, 0.4) is 0 Å². The summed E-state index contributed by atoms with van der Waals surface area (Å²) in [5.74, 6) is -0.362. The summed E-state index contributed by atoms with van der Waals surface area (Å²) in [4.78, 5) is 0. The van der Waals surface area contributed by atoms with Crippen LogP contribution < -0.4 is 0 Å². The minimum Gasteiger partial charge on any atom is -0.384 e. The zero-order valence-corrected chi connectivity index (χ0v) is 10.1. The fraction of sp³-hybridized carbons (Fsp3) is 0.143. The summed E-state index contributed by atoms with van der Waals surface area (Å²) in [6.45, 7) is 1.65. The third-order valence-corrected chi connectivity index (χ3v) is 3.02. The highest BCUT2D eigenvalue weighted by Gasteiger charge is 2.15. The minimum absolute atomic E-state index is 0.240. The maximum atomic E-state index is 13.3. The SMILES string of the molecule is Cc1cc(C(O)c2ccccc2)c(Cl)cc1F. The molecule has 2 rings (SSSR count). The lowest BCUT2D eigenvalue weighted by atomic mass is 10.00. The van der Waals surface area contributed by atoms with E-state index in [0.29, 0.717) is 11.1 Å². The maximum absolute atomic E-state index is 13.3. The van der Waals surface area contributed by atoms with Crippen molar-refractivity contribution in [1.29, 1.82) is 0 Å². The fourth-order valence-electron chi connectivity index (χ4n) is 1.70. The second-order valence-corrected chi connectivity index (χ2v) is 4.34. The van der Waals surface area contributed by atoms with Crippen LogP contribution >= 0.6 is 11.6 Å². The van der Waals surface area contributed by atoms with E-state index in [-0.39, 0.29) is 10.8 Å². The first kappa shape index (κ1) is 12.1. The Bertz CT molecular complexity index is 525. The summed E-state index contributed by atoms with van der Waals surface area (Å²) < 4.78 is 13.3. The number of hydrogen-bond donors (Lipinski definition) is 1. The molecular formula is C14H12ClFO. The van der Waals surface area contributed by atoms with Crippen molar-refractivity contribution in [3.63, 3.8) is 0 Å². The van der Waals surface area contributed by atoms with Gasteiger partial charge in [0.1, 0.15) is 11.9 Å². The molecule has 2 aromatic rings. The van der Waals surface area contributed by atoms with Crippen LogP contribution in [-0.2, 0) is 0 Å². The smallest absolute Gasteiger partial charge is 0.127 e. The monoisotopic (exact) mass is 250 g/mol. The van der Waals surface area contributed by atoms with Gasteiger partial charge in [0.05, 0.1) is 0 Å². The standard InChI is InChI=1S/C14H12ClFO/c1-9-7-11(12(15)8-13(9)16)14(17)10-5-3-2-4-6-10/h2-8,14,17H,1H3. The van der Waals surface area contributed by atoms with Crippen LogP contribution in [0.2, 0.25) is 5.02 Å². The largest absolute Gasteiger partial charge is 0.384 e. The fourth-order valence-corrected chi connectivity index (χ4v) is 1.96. The Morgan fingerprint density at radius 3 is 2.47 bits per heavy atom. The molecule has 17 heavy (non-hydrogen) atoms. The van der Waals surface area contributed by atoms with Crippen molar-refractivity contribution in [2.45, 2.75) is 13.0 Å².